The molecule has 82 valence electrons. The maximum absolute atomic E-state index is 11.8. The van der Waals surface area contributed by atoms with Crippen LogP contribution in [0.5, 0.6) is 6.01 Å². The lowest BCUT2D eigenvalue weighted by molar-refractivity contribution is 0.0769. The number of hydrogen-bond acceptors (Lipinski definition) is 4. The van der Waals surface area contributed by atoms with E-state index in [1.165, 1.54) is 6.07 Å². The lowest BCUT2D eigenvalue weighted by Crippen LogP contribution is -2.16. The van der Waals surface area contributed by atoms with Crippen molar-refractivity contribution >= 4 is 5.84 Å². The third kappa shape index (κ3) is 3.45. The minimum atomic E-state index is -2.59. The van der Waals surface area contributed by atoms with Crippen molar-refractivity contribution in [1.29, 1.82) is 5.41 Å². The Hall–Kier alpha value is -1.79. The third-order valence-electron chi connectivity index (χ3n) is 1.45. The van der Waals surface area contributed by atoms with Gasteiger partial charge in [0.05, 0.1) is 0 Å². The van der Waals surface area contributed by atoms with Crippen LogP contribution in [0, 0.1) is 12.3 Å². The summed E-state index contributed by atoms with van der Waals surface area (Å²) in [4.78, 5) is 7.46. The summed E-state index contributed by atoms with van der Waals surface area (Å²) in [7, 11) is 0. The van der Waals surface area contributed by atoms with Gasteiger partial charge < -0.3 is 10.5 Å². The molecule has 1 heterocycles. The van der Waals surface area contributed by atoms with Gasteiger partial charge >= 0.3 is 6.01 Å². The fraction of sp³-hybridized carbons (Fsp3) is 0.375. The molecule has 0 aliphatic rings. The minimum Gasteiger partial charge on any atom is -0.457 e. The van der Waals surface area contributed by atoms with Gasteiger partial charge in [-0.2, -0.15) is 4.98 Å². The van der Waals surface area contributed by atoms with Crippen molar-refractivity contribution in [3.63, 3.8) is 0 Å². The van der Waals surface area contributed by atoms with Crippen molar-refractivity contribution in [1.82, 2.24) is 9.97 Å². The second-order valence-electron chi connectivity index (χ2n) is 2.79. The molecule has 7 heteroatoms. The van der Waals surface area contributed by atoms with Crippen molar-refractivity contribution in [2.45, 2.75) is 13.3 Å². The standard InChI is InChI=1S/C8H10F2N4O/c1-4-2-5(7(11)12)14-8(13-4)15-3-6(9)10/h2,6H,3H2,1H3,(H3,11,12). The van der Waals surface area contributed by atoms with E-state index in [2.05, 4.69) is 14.7 Å². The Kier molecular flexibility index (Phi) is 3.48. The quantitative estimate of drug-likeness (QED) is 0.573. The SMILES string of the molecule is Cc1cc(C(=N)N)nc(OCC(F)F)n1. The summed E-state index contributed by atoms with van der Waals surface area (Å²) < 4.78 is 28.3. The van der Waals surface area contributed by atoms with Crippen molar-refractivity contribution in [2.24, 2.45) is 5.73 Å². The first-order valence-electron chi connectivity index (χ1n) is 4.10. The van der Waals surface area contributed by atoms with Gasteiger partial charge in [-0.1, -0.05) is 0 Å². The topological polar surface area (TPSA) is 84.9 Å². The molecule has 0 amide bonds. The number of aryl methyl sites for hydroxylation is 1. The Morgan fingerprint density at radius 3 is 2.80 bits per heavy atom. The van der Waals surface area contributed by atoms with Crippen molar-refractivity contribution in [2.75, 3.05) is 6.61 Å². The highest BCUT2D eigenvalue weighted by Gasteiger charge is 2.08. The number of amidine groups is 1. The lowest BCUT2D eigenvalue weighted by Gasteiger charge is -2.05. The van der Waals surface area contributed by atoms with E-state index in [1.807, 2.05) is 0 Å². The van der Waals surface area contributed by atoms with Gasteiger partial charge in [-0.25, -0.2) is 13.8 Å². The zero-order valence-electron chi connectivity index (χ0n) is 8.00. The summed E-state index contributed by atoms with van der Waals surface area (Å²) in [5.41, 5.74) is 5.86. The number of nitrogen functional groups attached to an aromatic ring is 1. The van der Waals surface area contributed by atoms with Crippen LogP contribution in [0.25, 0.3) is 0 Å². The molecular formula is C8H10F2N4O. The Morgan fingerprint density at radius 1 is 1.60 bits per heavy atom. The van der Waals surface area contributed by atoms with Crippen LogP contribution in [-0.2, 0) is 0 Å². The predicted molar refractivity (Wildman–Crippen MR) is 49.3 cm³/mol. The summed E-state index contributed by atoms with van der Waals surface area (Å²) in [5, 5.41) is 7.13. The normalized spacial score (nSPS) is 10.4. The second kappa shape index (κ2) is 4.63. The molecule has 0 unspecified atom stereocenters. The lowest BCUT2D eigenvalue weighted by atomic mass is 10.3. The molecule has 0 aliphatic heterocycles. The molecule has 0 radical (unpaired) electrons. The van der Waals surface area contributed by atoms with E-state index in [-0.39, 0.29) is 17.5 Å². The van der Waals surface area contributed by atoms with Crippen LogP contribution in [0.1, 0.15) is 11.4 Å². The zero-order chi connectivity index (χ0) is 11.4. The first-order valence-corrected chi connectivity index (χ1v) is 4.10. The van der Waals surface area contributed by atoms with E-state index in [0.717, 1.165) is 0 Å². The maximum atomic E-state index is 11.8. The number of ether oxygens (including phenoxy) is 1. The average molecular weight is 216 g/mol. The van der Waals surface area contributed by atoms with Crippen LogP contribution in [0.3, 0.4) is 0 Å². The Bertz CT molecular complexity index is 370. The molecule has 1 aromatic heterocycles. The molecular weight excluding hydrogens is 206 g/mol. The molecule has 1 aromatic rings. The smallest absolute Gasteiger partial charge is 0.317 e. The van der Waals surface area contributed by atoms with Crippen molar-refractivity contribution < 1.29 is 13.5 Å². The van der Waals surface area contributed by atoms with Crippen LogP contribution in [-0.4, -0.2) is 28.8 Å². The first-order chi connectivity index (χ1) is 6.99. The summed E-state index contributed by atoms with van der Waals surface area (Å²) >= 11 is 0. The molecule has 1 rings (SSSR count). The van der Waals surface area contributed by atoms with E-state index in [0.29, 0.717) is 5.69 Å². The van der Waals surface area contributed by atoms with Gasteiger partial charge in [0.15, 0.2) is 6.61 Å². The maximum Gasteiger partial charge on any atom is 0.317 e. The van der Waals surface area contributed by atoms with Gasteiger partial charge in [-0.15, -0.1) is 0 Å². The average Bonchev–Trinajstić information content (AvgIpc) is 2.13. The van der Waals surface area contributed by atoms with E-state index in [1.54, 1.807) is 6.92 Å². The molecule has 0 atom stereocenters. The van der Waals surface area contributed by atoms with Crippen molar-refractivity contribution in [3.8, 4) is 6.01 Å². The number of nitrogens with two attached hydrogens (primary N) is 1. The summed E-state index contributed by atoms with van der Waals surface area (Å²) in [6, 6.07) is 1.28. The monoisotopic (exact) mass is 216 g/mol. The Balaban J connectivity index is 2.84. The predicted octanol–water partition coefficient (Wildman–Crippen LogP) is 0.713. The third-order valence-corrected chi connectivity index (χ3v) is 1.45. The van der Waals surface area contributed by atoms with Gasteiger partial charge in [0.2, 0.25) is 0 Å². The minimum absolute atomic E-state index is 0.159. The fourth-order valence-electron chi connectivity index (χ4n) is 0.881. The van der Waals surface area contributed by atoms with Gasteiger partial charge in [-0.05, 0) is 13.0 Å². The number of halogens is 2. The van der Waals surface area contributed by atoms with Crippen LogP contribution in [0.15, 0.2) is 6.07 Å². The molecule has 0 aromatic carbocycles. The Labute approximate surface area is 84.8 Å². The number of nitrogens with one attached hydrogen (secondary N) is 1. The molecule has 0 bridgehead atoms. The van der Waals surface area contributed by atoms with Crippen LogP contribution < -0.4 is 10.5 Å². The highest BCUT2D eigenvalue weighted by atomic mass is 19.3. The molecule has 0 aliphatic carbocycles. The molecule has 0 spiro atoms. The van der Waals surface area contributed by atoms with Gasteiger partial charge in [0.1, 0.15) is 11.5 Å². The van der Waals surface area contributed by atoms with E-state index in [4.69, 9.17) is 11.1 Å². The largest absolute Gasteiger partial charge is 0.457 e. The molecule has 5 nitrogen and oxygen atoms in total. The number of aromatic nitrogens is 2. The summed E-state index contributed by atoms with van der Waals surface area (Å²) in [6.45, 7) is 0.851. The fourth-order valence-corrected chi connectivity index (χ4v) is 0.881. The number of nitrogens with zero attached hydrogens (tertiary/aromatic N) is 2. The van der Waals surface area contributed by atoms with Crippen LogP contribution >= 0.6 is 0 Å². The number of rotatable bonds is 4. The molecule has 15 heavy (non-hydrogen) atoms. The zero-order valence-corrected chi connectivity index (χ0v) is 8.00. The Morgan fingerprint density at radius 2 is 2.27 bits per heavy atom. The molecule has 3 N–H and O–H groups in total. The van der Waals surface area contributed by atoms with Gasteiger partial charge in [0, 0.05) is 5.69 Å². The summed E-state index contributed by atoms with van der Waals surface area (Å²) in [6.07, 6.45) is -2.59. The van der Waals surface area contributed by atoms with Crippen LogP contribution in [0.4, 0.5) is 8.78 Å². The molecule has 0 saturated heterocycles. The van der Waals surface area contributed by atoms with E-state index >= 15 is 0 Å². The first kappa shape index (κ1) is 11.3. The van der Waals surface area contributed by atoms with E-state index < -0.39 is 13.0 Å². The van der Waals surface area contributed by atoms with Gasteiger partial charge in [-0.3, -0.25) is 5.41 Å². The molecule has 0 fully saturated rings. The van der Waals surface area contributed by atoms with Gasteiger partial charge in [0.25, 0.3) is 6.43 Å². The highest BCUT2D eigenvalue weighted by Crippen LogP contribution is 2.07. The number of hydrogen-bond donors (Lipinski definition) is 2. The van der Waals surface area contributed by atoms with Crippen molar-refractivity contribution in [3.05, 3.63) is 17.5 Å². The van der Waals surface area contributed by atoms with Crippen LogP contribution in [0.2, 0.25) is 0 Å². The van der Waals surface area contributed by atoms with E-state index in [9.17, 15) is 8.78 Å². The molecule has 0 saturated carbocycles. The highest BCUT2D eigenvalue weighted by molar-refractivity contribution is 5.93. The second-order valence-corrected chi connectivity index (χ2v) is 2.79. The number of alkyl halides is 2. The summed E-state index contributed by atoms with van der Waals surface area (Å²) in [5.74, 6) is -0.262.